The summed E-state index contributed by atoms with van der Waals surface area (Å²) in [6, 6.07) is 29.7. The van der Waals surface area contributed by atoms with Crippen molar-refractivity contribution in [3.05, 3.63) is 210 Å². The number of hydrogen-bond donors (Lipinski definition) is 0. The molecule has 2 aromatic heterocycles. The molecule has 0 saturated heterocycles. The number of fused-ring (bicyclic) bond motifs is 12. The molecule has 5 atom stereocenters. The average Bonchev–Trinajstić information content (AvgIpc) is 3.99. The predicted octanol–water partition coefficient (Wildman–Crippen LogP) is 12.8. The first-order chi connectivity index (χ1) is 29.2. The van der Waals surface area contributed by atoms with Crippen molar-refractivity contribution in [3.63, 3.8) is 0 Å². The Balaban J connectivity index is 1.06. The van der Waals surface area contributed by atoms with Crippen LogP contribution in [0.2, 0.25) is 0 Å². The van der Waals surface area contributed by atoms with E-state index in [1.165, 1.54) is 48.0 Å². The van der Waals surface area contributed by atoms with Gasteiger partial charge < -0.3 is 9.64 Å². The fourth-order valence-corrected chi connectivity index (χ4v) is 11.0. The van der Waals surface area contributed by atoms with Crippen molar-refractivity contribution in [2.75, 3.05) is 4.90 Å². The third kappa shape index (κ3) is 5.54. The average molecular weight is 779 g/mol. The highest BCUT2D eigenvalue weighted by atomic mass is 32.1. The Morgan fingerprint density at radius 3 is 2.27 bits per heavy atom. The molecular weight excluding hydrogens is 741 g/mol. The molecular formula is C53H38N4OS. The molecule has 6 aliphatic rings. The normalized spacial score (nSPS) is 23.3. The summed E-state index contributed by atoms with van der Waals surface area (Å²) in [6.45, 7) is 4.29. The zero-order chi connectivity index (χ0) is 39.0. The fraction of sp³-hybridized carbons (Fsp3) is 0.113. The molecule has 282 valence electrons. The largest absolute Gasteiger partial charge is 0.486 e. The van der Waals surface area contributed by atoms with E-state index >= 15 is 0 Å². The summed E-state index contributed by atoms with van der Waals surface area (Å²) in [7, 11) is 0. The zero-order valence-electron chi connectivity index (χ0n) is 32.1. The third-order valence-corrected chi connectivity index (χ3v) is 13.7. The van der Waals surface area contributed by atoms with Gasteiger partial charge >= 0.3 is 0 Å². The molecule has 0 N–H and O–H groups in total. The van der Waals surface area contributed by atoms with Gasteiger partial charge in [-0.15, -0.1) is 11.3 Å². The molecule has 2 aliphatic heterocycles. The third-order valence-electron chi connectivity index (χ3n) is 12.5. The van der Waals surface area contributed by atoms with Gasteiger partial charge in [0.15, 0.2) is 11.6 Å². The zero-order valence-corrected chi connectivity index (χ0v) is 33.0. The van der Waals surface area contributed by atoms with E-state index in [0.29, 0.717) is 29.4 Å². The standard InChI is InChI=1S/C53H38N4OS/c1-2-32(29-39-30-38-18-10-12-20-45(38)58-39)37-23-25-41-44(31-37)57(53-55-51(35-14-5-3-6-15-35)54-52(56-53)36-16-7-4-8-17-36)43-27-26-42-49-46(59-50(42)48(41)43)28-24-34-22-21-33-13-9-11-19-40(33)47(34)49/h2-30,33,38,40,44-45H,1,31H2/b32-29+. The van der Waals surface area contributed by atoms with Crippen LogP contribution in [0.15, 0.2) is 193 Å². The Morgan fingerprint density at radius 1 is 0.763 bits per heavy atom. The number of hydrogen-bond acceptors (Lipinski definition) is 6. The molecule has 0 bridgehead atoms. The molecule has 0 saturated carbocycles. The molecule has 6 aromatic rings. The van der Waals surface area contributed by atoms with Gasteiger partial charge in [-0.2, -0.15) is 9.97 Å². The van der Waals surface area contributed by atoms with Gasteiger partial charge in [-0.3, -0.25) is 0 Å². The van der Waals surface area contributed by atoms with Crippen LogP contribution in [0.5, 0.6) is 0 Å². The van der Waals surface area contributed by atoms with E-state index in [1.807, 2.05) is 53.8 Å². The molecule has 59 heavy (non-hydrogen) atoms. The van der Waals surface area contributed by atoms with Crippen molar-refractivity contribution >= 4 is 54.8 Å². The van der Waals surface area contributed by atoms with Crippen LogP contribution in [0, 0.1) is 11.8 Å². The van der Waals surface area contributed by atoms with Crippen LogP contribution >= 0.6 is 11.3 Å². The number of thiophene rings is 1. The monoisotopic (exact) mass is 778 g/mol. The molecule has 0 spiro atoms. The lowest BCUT2D eigenvalue weighted by molar-refractivity contribution is 0.173. The van der Waals surface area contributed by atoms with Crippen LogP contribution in [0.4, 0.5) is 11.6 Å². The van der Waals surface area contributed by atoms with Crippen LogP contribution in [0.1, 0.15) is 29.0 Å². The number of rotatable bonds is 6. The maximum Gasteiger partial charge on any atom is 0.234 e. The van der Waals surface area contributed by atoms with E-state index in [1.54, 1.807) is 0 Å². The van der Waals surface area contributed by atoms with Crippen molar-refractivity contribution < 1.29 is 4.74 Å². The molecule has 4 aromatic carbocycles. The van der Waals surface area contributed by atoms with Gasteiger partial charge in [0.05, 0.1) is 11.7 Å². The van der Waals surface area contributed by atoms with Crippen LogP contribution < -0.4 is 4.90 Å². The molecule has 12 rings (SSSR count). The summed E-state index contributed by atoms with van der Waals surface area (Å²) >= 11 is 1.90. The van der Waals surface area contributed by atoms with E-state index in [0.717, 1.165) is 34.6 Å². The summed E-state index contributed by atoms with van der Waals surface area (Å²) in [4.78, 5) is 18.0. The number of nitrogens with zero attached hydrogens (tertiary/aromatic N) is 4. The maximum absolute atomic E-state index is 6.38. The van der Waals surface area contributed by atoms with Crippen molar-refractivity contribution in [1.82, 2.24) is 15.0 Å². The predicted molar refractivity (Wildman–Crippen MR) is 243 cm³/mol. The molecule has 4 heterocycles. The van der Waals surface area contributed by atoms with E-state index in [-0.39, 0.29) is 18.1 Å². The molecule has 5 unspecified atom stereocenters. The summed E-state index contributed by atoms with van der Waals surface area (Å²) in [5.41, 5.74) is 10.5. The summed E-state index contributed by atoms with van der Waals surface area (Å²) < 4.78 is 9.00. The Kier molecular flexibility index (Phi) is 7.88. The second-order valence-corrected chi connectivity index (χ2v) is 16.9. The Morgan fingerprint density at radius 2 is 1.51 bits per heavy atom. The number of benzene rings is 4. The lowest BCUT2D eigenvalue weighted by Crippen LogP contribution is -2.30. The van der Waals surface area contributed by atoms with E-state index in [2.05, 4.69) is 145 Å². The van der Waals surface area contributed by atoms with Crippen molar-refractivity contribution in [1.29, 1.82) is 0 Å². The van der Waals surface area contributed by atoms with E-state index in [9.17, 15) is 0 Å². The van der Waals surface area contributed by atoms with Gasteiger partial charge in [0.2, 0.25) is 5.95 Å². The SMILES string of the molecule is C=C/C(=C\C1=CC2C=CC=CC2O1)C1=CC=C2c3c(ccc4c3sc3ccc5c(c34)C3C=CC=CC3C=C5)N(c3nc(-c4ccccc4)nc(-c4ccccc4)n3)C2C1. The fourth-order valence-electron chi connectivity index (χ4n) is 9.74. The van der Waals surface area contributed by atoms with Crippen LogP contribution in [0.3, 0.4) is 0 Å². The topological polar surface area (TPSA) is 51.1 Å². The smallest absolute Gasteiger partial charge is 0.234 e. The van der Waals surface area contributed by atoms with Gasteiger partial charge in [-0.25, -0.2) is 4.98 Å². The number of aromatic nitrogens is 3. The number of anilines is 2. The lowest BCUT2D eigenvalue weighted by atomic mass is 9.75. The Bertz CT molecular complexity index is 2990. The molecule has 0 fully saturated rings. The van der Waals surface area contributed by atoms with E-state index < -0.39 is 0 Å². The van der Waals surface area contributed by atoms with Gasteiger partial charge in [0, 0.05) is 54.6 Å². The summed E-state index contributed by atoms with van der Waals surface area (Å²) in [5.74, 6) is 3.72. The summed E-state index contributed by atoms with van der Waals surface area (Å²) in [6.07, 6.45) is 34.0. The van der Waals surface area contributed by atoms with E-state index in [4.69, 9.17) is 19.7 Å². The second-order valence-electron chi connectivity index (χ2n) is 15.8. The first-order valence-electron chi connectivity index (χ1n) is 20.4. The van der Waals surface area contributed by atoms with Gasteiger partial charge in [0.25, 0.3) is 0 Å². The van der Waals surface area contributed by atoms with Crippen LogP contribution in [0.25, 0.3) is 54.6 Å². The quantitative estimate of drug-likeness (QED) is 0.158. The van der Waals surface area contributed by atoms with Crippen molar-refractivity contribution in [2.45, 2.75) is 24.5 Å². The first kappa shape index (κ1) is 34.2. The molecule has 4 aliphatic carbocycles. The van der Waals surface area contributed by atoms with Crippen molar-refractivity contribution in [3.8, 4) is 22.8 Å². The second kappa shape index (κ2) is 13.6. The minimum absolute atomic E-state index is 0.0345. The van der Waals surface area contributed by atoms with Crippen molar-refractivity contribution in [2.24, 2.45) is 11.8 Å². The number of ether oxygens (including phenoxy) is 1. The molecule has 6 heteroatoms. The molecule has 0 amide bonds. The Labute approximate surface area is 347 Å². The highest BCUT2D eigenvalue weighted by molar-refractivity contribution is 7.26. The maximum atomic E-state index is 6.38. The van der Waals surface area contributed by atoms with Gasteiger partial charge in [-0.05, 0) is 64.6 Å². The van der Waals surface area contributed by atoms with Gasteiger partial charge in [-0.1, -0.05) is 152 Å². The van der Waals surface area contributed by atoms with Crippen LogP contribution in [-0.2, 0) is 4.74 Å². The summed E-state index contributed by atoms with van der Waals surface area (Å²) in [5, 5.41) is 2.68. The minimum atomic E-state index is -0.0709. The minimum Gasteiger partial charge on any atom is -0.486 e. The van der Waals surface area contributed by atoms with Crippen LogP contribution in [-0.4, -0.2) is 27.1 Å². The van der Waals surface area contributed by atoms with Gasteiger partial charge in [0.1, 0.15) is 11.9 Å². The Hall–Kier alpha value is -6.89. The molecule has 0 radical (unpaired) electrons. The number of allylic oxidation sites excluding steroid dienone is 12. The highest BCUT2D eigenvalue weighted by Crippen LogP contribution is 2.55. The molecule has 5 nitrogen and oxygen atoms in total. The lowest BCUT2D eigenvalue weighted by Gasteiger charge is -2.29. The highest BCUT2D eigenvalue weighted by Gasteiger charge is 2.41. The first-order valence-corrected chi connectivity index (χ1v) is 21.2.